The quantitative estimate of drug-likeness (QED) is 0.726. The van der Waals surface area contributed by atoms with E-state index >= 15 is 0 Å². The number of rotatable bonds is 6. The predicted molar refractivity (Wildman–Crippen MR) is 98.9 cm³/mol. The predicted octanol–water partition coefficient (Wildman–Crippen LogP) is 3.74. The number of nitrogens with one attached hydrogen (secondary N) is 1. The van der Waals surface area contributed by atoms with Crippen LogP contribution < -0.4 is 10.1 Å². The lowest BCUT2D eigenvalue weighted by molar-refractivity contribution is 0.167. The number of para-hydroxylation sites is 1. The van der Waals surface area contributed by atoms with Crippen LogP contribution in [0.2, 0.25) is 0 Å². The van der Waals surface area contributed by atoms with Gasteiger partial charge in [-0.05, 0) is 37.6 Å². The topological polar surface area (TPSA) is 46.4 Å². The van der Waals surface area contributed by atoms with Crippen molar-refractivity contribution >= 4 is 16.6 Å². The van der Waals surface area contributed by atoms with E-state index in [1.165, 1.54) is 22.2 Å². The van der Waals surface area contributed by atoms with Crippen LogP contribution in [0.15, 0.2) is 48.5 Å². The Kier molecular flexibility index (Phi) is 4.76. The average molecular weight is 324 g/mol. The lowest BCUT2D eigenvalue weighted by Crippen LogP contribution is -2.25. The number of hydrogen-bond acceptors (Lipinski definition) is 3. The first-order valence-electron chi connectivity index (χ1n) is 8.20. The van der Waals surface area contributed by atoms with Crippen molar-refractivity contribution in [1.82, 2.24) is 4.57 Å². The Hall–Kier alpha value is -2.46. The summed E-state index contributed by atoms with van der Waals surface area (Å²) < 4.78 is 7.41. The molecule has 3 aromatic rings. The standard InChI is InChI=1S/C20H24N2O2/c1-14-15(2)22(20-10-5-4-9-19(14)20)13-17(23)12-21-16-7-6-8-18(11-16)24-3/h4-11,17,21,23H,12-13H2,1-3H3. The van der Waals surface area contributed by atoms with Gasteiger partial charge in [-0.25, -0.2) is 0 Å². The summed E-state index contributed by atoms with van der Waals surface area (Å²) >= 11 is 0. The fourth-order valence-electron chi connectivity index (χ4n) is 3.08. The van der Waals surface area contributed by atoms with Gasteiger partial charge in [0.15, 0.2) is 0 Å². The number of ether oxygens (including phenoxy) is 1. The molecule has 126 valence electrons. The molecule has 3 rings (SSSR count). The third-order valence-corrected chi connectivity index (χ3v) is 4.55. The molecule has 0 fully saturated rings. The lowest BCUT2D eigenvalue weighted by atomic mass is 10.2. The van der Waals surface area contributed by atoms with E-state index in [9.17, 15) is 5.11 Å². The first-order valence-corrected chi connectivity index (χ1v) is 8.20. The van der Waals surface area contributed by atoms with Crippen LogP contribution in [0.5, 0.6) is 5.75 Å². The first-order chi connectivity index (χ1) is 11.6. The van der Waals surface area contributed by atoms with Crippen LogP contribution in [0.1, 0.15) is 11.3 Å². The number of anilines is 1. The van der Waals surface area contributed by atoms with Gasteiger partial charge < -0.3 is 19.7 Å². The van der Waals surface area contributed by atoms with E-state index in [1.54, 1.807) is 7.11 Å². The summed E-state index contributed by atoms with van der Waals surface area (Å²) in [6, 6.07) is 16.1. The summed E-state index contributed by atoms with van der Waals surface area (Å²) in [5.41, 5.74) is 4.60. The van der Waals surface area contributed by atoms with Crippen molar-refractivity contribution < 1.29 is 9.84 Å². The van der Waals surface area contributed by atoms with E-state index in [0.29, 0.717) is 13.1 Å². The zero-order valence-corrected chi connectivity index (χ0v) is 14.4. The summed E-state index contributed by atoms with van der Waals surface area (Å²) in [5, 5.41) is 15.0. The van der Waals surface area contributed by atoms with Crippen LogP contribution in [0, 0.1) is 13.8 Å². The smallest absolute Gasteiger partial charge is 0.120 e. The molecule has 1 aromatic heterocycles. The molecule has 0 aliphatic rings. The van der Waals surface area contributed by atoms with Gasteiger partial charge in [-0.3, -0.25) is 0 Å². The highest BCUT2D eigenvalue weighted by Crippen LogP contribution is 2.25. The summed E-state index contributed by atoms with van der Waals surface area (Å²) in [6.45, 7) is 5.29. The summed E-state index contributed by atoms with van der Waals surface area (Å²) in [7, 11) is 1.65. The minimum absolute atomic E-state index is 0.481. The number of benzene rings is 2. The van der Waals surface area contributed by atoms with Gasteiger partial charge in [-0.15, -0.1) is 0 Å². The molecule has 0 radical (unpaired) electrons. The SMILES string of the molecule is COc1cccc(NCC(O)Cn2c(C)c(C)c3ccccc32)c1. The van der Waals surface area contributed by atoms with E-state index in [4.69, 9.17) is 4.74 Å². The highest BCUT2D eigenvalue weighted by atomic mass is 16.5. The molecular weight excluding hydrogens is 300 g/mol. The van der Waals surface area contributed by atoms with E-state index in [-0.39, 0.29) is 0 Å². The molecule has 0 saturated heterocycles. The van der Waals surface area contributed by atoms with Gasteiger partial charge in [0.05, 0.1) is 19.8 Å². The van der Waals surface area contributed by atoms with Crippen molar-refractivity contribution in [3.63, 3.8) is 0 Å². The normalized spacial score (nSPS) is 12.3. The summed E-state index contributed by atoms with van der Waals surface area (Å²) in [6.07, 6.45) is -0.481. The Labute approximate surface area is 142 Å². The molecule has 0 aliphatic carbocycles. The Balaban J connectivity index is 1.71. The zero-order chi connectivity index (χ0) is 17.1. The molecule has 24 heavy (non-hydrogen) atoms. The fourth-order valence-corrected chi connectivity index (χ4v) is 3.08. The van der Waals surface area contributed by atoms with Crippen molar-refractivity contribution in [2.24, 2.45) is 0 Å². The maximum Gasteiger partial charge on any atom is 0.120 e. The Morgan fingerprint density at radius 1 is 1.12 bits per heavy atom. The molecule has 0 bridgehead atoms. The zero-order valence-electron chi connectivity index (χ0n) is 14.4. The molecule has 2 aromatic carbocycles. The van der Waals surface area contributed by atoms with Crippen LogP contribution in [-0.4, -0.2) is 29.4 Å². The minimum Gasteiger partial charge on any atom is -0.497 e. The van der Waals surface area contributed by atoms with Gasteiger partial charge >= 0.3 is 0 Å². The molecule has 0 aliphatic heterocycles. The maximum absolute atomic E-state index is 10.5. The number of fused-ring (bicyclic) bond motifs is 1. The van der Waals surface area contributed by atoms with E-state index in [0.717, 1.165) is 11.4 Å². The van der Waals surface area contributed by atoms with Crippen LogP contribution >= 0.6 is 0 Å². The second kappa shape index (κ2) is 6.97. The number of hydrogen-bond donors (Lipinski definition) is 2. The van der Waals surface area contributed by atoms with Gasteiger partial charge in [-0.2, -0.15) is 0 Å². The van der Waals surface area contributed by atoms with Gasteiger partial charge in [-0.1, -0.05) is 24.3 Å². The largest absolute Gasteiger partial charge is 0.497 e. The van der Waals surface area contributed by atoms with Crippen LogP contribution in [0.3, 0.4) is 0 Å². The van der Waals surface area contributed by atoms with Crippen molar-refractivity contribution in [3.05, 3.63) is 59.8 Å². The molecule has 1 atom stereocenters. The summed E-state index contributed by atoms with van der Waals surface area (Å²) in [5.74, 6) is 0.803. The Morgan fingerprint density at radius 2 is 1.92 bits per heavy atom. The first kappa shape index (κ1) is 16.4. The fraction of sp³-hybridized carbons (Fsp3) is 0.300. The average Bonchev–Trinajstić information content (AvgIpc) is 2.85. The summed E-state index contributed by atoms with van der Waals surface area (Å²) in [4.78, 5) is 0. The lowest BCUT2D eigenvalue weighted by Gasteiger charge is -2.16. The second-order valence-electron chi connectivity index (χ2n) is 6.10. The van der Waals surface area contributed by atoms with Gasteiger partial charge in [0.2, 0.25) is 0 Å². The molecule has 1 unspecified atom stereocenters. The van der Waals surface area contributed by atoms with E-state index < -0.39 is 6.10 Å². The molecule has 4 heteroatoms. The van der Waals surface area contributed by atoms with Crippen molar-refractivity contribution in [1.29, 1.82) is 0 Å². The van der Waals surface area contributed by atoms with Crippen molar-refractivity contribution in [2.75, 3.05) is 19.0 Å². The number of methoxy groups -OCH3 is 1. The number of aliphatic hydroxyl groups is 1. The van der Waals surface area contributed by atoms with Gasteiger partial charge in [0.1, 0.15) is 5.75 Å². The molecular formula is C20H24N2O2. The van der Waals surface area contributed by atoms with E-state index in [2.05, 4.69) is 41.9 Å². The monoisotopic (exact) mass is 324 g/mol. The van der Waals surface area contributed by atoms with Gasteiger partial charge in [0.25, 0.3) is 0 Å². The Morgan fingerprint density at radius 3 is 2.71 bits per heavy atom. The molecule has 0 amide bonds. The maximum atomic E-state index is 10.5. The highest BCUT2D eigenvalue weighted by Gasteiger charge is 2.13. The van der Waals surface area contributed by atoms with E-state index in [1.807, 2.05) is 30.3 Å². The molecule has 0 saturated carbocycles. The van der Waals surface area contributed by atoms with Crippen molar-refractivity contribution in [3.8, 4) is 5.75 Å². The number of aromatic nitrogens is 1. The number of aryl methyl sites for hydroxylation is 1. The van der Waals surface area contributed by atoms with Gasteiger partial charge in [0, 0.05) is 34.9 Å². The molecule has 1 heterocycles. The van der Waals surface area contributed by atoms with Crippen LogP contribution in [0.25, 0.3) is 10.9 Å². The number of aliphatic hydroxyl groups excluding tert-OH is 1. The molecule has 0 spiro atoms. The third-order valence-electron chi connectivity index (χ3n) is 4.55. The van der Waals surface area contributed by atoms with Crippen molar-refractivity contribution in [2.45, 2.75) is 26.5 Å². The number of nitrogens with zero attached hydrogens (tertiary/aromatic N) is 1. The highest BCUT2D eigenvalue weighted by molar-refractivity contribution is 5.85. The minimum atomic E-state index is -0.481. The molecule has 2 N–H and O–H groups in total. The van der Waals surface area contributed by atoms with Crippen LogP contribution in [0.4, 0.5) is 5.69 Å². The van der Waals surface area contributed by atoms with Crippen LogP contribution in [-0.2, 0) is 6.54 Å². The second-order valence-corrected chi connectivity index (χ2v) is 6.10. The molecule has 4 nitrogen and oxygen atoms in total. The Bertz CT molecular complexity index is 839. The third kappa shape index (κ3) is 3.24.